The van der Waals surface area contributed by atoms with Crippen LogP contribution in [0.15, 0.2) is 41.6 Å². The van der Waals surface area contributed by atoms with Gasteiger partial charge in [-0.25, -0.2) is 9.97 Å². The minimum absolute atomic E-state index is 0.0626. The molecule has 10 heteroatoms. The summed E-state index contributed by atoms with van der Waals surface area (Å²) in [7, 11) is 0. The lowest BCUT2D eigenvalue weighted by Crippen LogP contribution is -2.32. The van der Waals surface area contributed by atoms with E-state index in [1.54, 1.807) is 24.3 Å². The molecule has 0 fully saturated rings. The number of aromatic nitrogens is 3. The van der Waals surface area contributed by atoms with E-state index in [0.29, 0.717) is 15.9 Å². The van der Waals surface area contributed by atoms with Gasteiger partial charge in [0.1, 0.15) is 17.7 Å². The number of nitro groups is 1. The first-order valence-electron chi connectivity index (χ1n) is 6.84. The van der Waals surface area contributed by atoms with Crippen LogP contribution in [0.2, 0.25) is 0 Å². The van der Waals surface area contributed by atoms with E-state index in [-0.39, 0.29) is 23.6 Å². The van der Waals surface area contributed by atoms with E-state index in [1.807, 2.05) is 0 Å². The summed E-state index contributed by atoms with van der Waals surface area (Å²) < 4.78 is 1.21. The molecule has 24 heavy (non-hydrogen) atoms. The zero-order chi connectivity index (χ0) is 17.1. The Morgan fingerprint density at radius 2 is 2.12 bits per heavy atom. The fourth-order valence-electron chi connectivity index (χ4n) is 2.07. The summed E-state index contributed by atoms with van der Waals surface area (Å²) in [6.45, 7) is -0.128. The van der Waals surface area contributed by atoms with Crippen molar-refractivity contribution in [1.82, 2.24) is 19.9 Å². The van der Waals surface area contributed by atoms with Crippen LogP contribution in [0.3, 0.4) is 0 Å². The Morgan fingerprint density at radius 1 is 1.33 bits per heavy atom. The fourth-order valence-corrected chi connectivity index (χ4v) is 2.74. The Hall–Kier alpha value is -3.14. The molecule has 1 aromatic carbocycles. The molecule has 0 saturated carbocycles. The molecule has 1 amide bonds. The Kier molecular flexibility index (Phi) is 4.29. The van der Waals surface area contributed by atoms with Crippen molar-refractivity contribution in [3.05, 3.63) is 62.3 Å². The van der Waals surface area contributed by atoms with Crippen molar-refractivity contribution in [2.75, 3.05) is 0 Å². The Bertz CT molecular complexity index is 980. The number of fused-ring (bicyclic) bond motifs is 1. The zero-order valence-electron chi connectivity index (χ0n) is 12.2. The van der Waals surface area contributed by atoms with Crippen LogP contribution in [0, 0.1) is 10.1 Å². The highest BCUT2D eigenvalue weighted by Crippen LogP contribution is 2.20. The molecule has 2 heterocycles. The van der Waals surface area contributed by atoms with Gasteiger partial charge in [0.2, 0.25) is 5.91 Å². The van der Waals surface area contributed by atoms with Crippen molar-refractivity contribution in [1.29, 1.82) is 0 Å². The molecule has 0 aliphatic heterocycles. The van der Waals surface area contributed by atoms with Crippen LogP contribution in [-0.4, -0.2) is 25.4 Å². The minimum Gasteiger partial charge on any atom is -0.348 e. The van der Waals surface area contributed by atoms with Crippen molar-refractivity contribution >= 4 is 33.1 Å². The third-order valence-corrected chi connectivity index (χ3v) is 4.15. The highest BCUT2D eigenvalue weighted by Gasteiger charge is 2.13. The van der Waals surface area contributed by atoms with Crippen LogP contribution in [-0.2, 0) is 17.9 Å². The number of nitrogens with zero attached hydrogens (tertiary/aromatic N) is 4. The average Bonchev–Trinajstić information content (AvgIpc) is 3.05. The molecule has 122 valence electrons. The summed E-state index contributed by atoms with van der Waals surface area (Å²) in [5, 5.41) is 13.9. The quantitative estimate of drug-likeness (QED) is 0.546. The van der Waals surface area contributed by atoms with Gasteiger partial charge in [-0.15, -0.1) is 0 Å². The van der Waals surface area contributed by atoms with Crippen molar-refractivity contribution in [3.8, 4) is 0 Å². The summed E-state index contributed by atoms with van der Waals surface area (Å²) in [4.78, 5) is 42.3. The van der Waals surface area contributed by atoms with Crippen molar-refractivity contribution in [3.63, 3.8) is 0 Å². The lowest BCUT2D eigenvalue weighted by atomic mass is 10.2. The van der Waals surface area contributed by atoms with Gasteiger partial charge in [0.05, 0.1) is 28.7 Å². The van der Waals surface area contributed by atoms with Gasteiger partial charge in [0, 0.05) is 0 Å². The molecule has 0 bridgehead atoms. The molecule has 3 rings (SSSR count). The topological polar surface area (TPSA) is 120 Å². The van der Waals surface area contributed by atoms with Crippen LogP contribution < -0.4 is 10.9 Å². The molecular formula is C14H11N5O4S. The van der Waals surface area contributed by atoms with Gasteiger partial charge in [0.25, 0.3) is 5.56 Å². The third kappa shape index (κ3) is 3.27. The maximum absolute atomic E-state index is 12.3. The van der Waals surface area contributed by atoms with Gasteiger partial charge in [0.15, 0.2) is 0 Å². The van der Waals surface area contributed by atoms with Gasteiger partial charge >= 0.3 is 5.00 Å². The molecule has 0 atom stereocenters. The molecule has 0 aliphatic carbocycles. The van der Waals surface area contributed by atoms with Gasteiger partial charge in [-0.2, -0.15) is 0 Å². The summed E-state index contributed by atoms with van der Waals surface area (Å²) in [6.07, 6.45) is 2.46. The van der Waals surface area contributed by atoms with Crippen LogP contribution in [0.5, 0.6) is 0 Å². The second-order valence-corrected chi connectivity index (χ2v) is 5.91. The van der Waals surface area contributed by atoms with Crippen LogP contribution in [0.4, 0.5) is 5.00 Å². The number of carbonyl (C=O) groups is 1. The predicted octanol–water partition coefficient (Wildman–Crippen LogP) is 1.08. The SMILES string of the molecule is O=C(Cn1cnc2ccccc2c1=O)NCc1ncc([N+](=O)[O-])s1. The average molecular weight is 345 g/mol. The molecule has 0 aliphatic rings. The van der Waals surface area contributed by atoms with E-state index in [1.165, 1.54) is 10.9 Å². The molecule has 0 radical (unpaired) electrons. The van der Waals surface area contributed by atoms with Crippen molar-refractivity contribution < 1.29 is 9.72 Å². The molecule has 9 nitrogen and oxygen atoms in total. The van der Waals surface area contributed by atoms with Gasteiger partial charge in [-0.05, 0) is 23.5 Å². The second kappa shape index (κ2) is 6.54. The third-order valence-electron chi connectivity index (χ3n) is 3.20. The zero-order valence-corrected chi connectivity index (χ0v) is 13.0. The van der Waals surface area contributed by atoms with Crippen molar-refractivity contribution in [2.45, 2.75) is 13.1 Å². The Morgan fingerprint density at radius 3 is 2.88 bits per heavy atom. The number of carbonyl (C=O) groups excluding carboxylic acids is 1. The van der Waals surface area contributed by atoms with Gasteiger partial charge < -0.3 is 5.32 Å². The standard InChI is InChI=1S/C14H11N5O4S/c20-11(15-5-12-16-6-13(24-12)19(22)23)7-18-8-17-10-4-2-1-3-9(10)14(18)21/h1-4,6,8H,5,7H2,(H,15,20). The largest absolute Gasteiger partial charge is 0.348 e. The number of para-hydroxylation sites is 1. The van der Waals surface area contributed by atoms with E-state index < -0.39 is 10.8 Å². The first-order chi connectivity index (χ1) is 11.5. The lowest BCUT2D eigenvalue weighted by molar-refractivity contribution is -0.380. The highest BCUT2D eigenvalue weighted by atomic mass is 32.1. The van der Waals surface area contributed by atoms with E-state index in [0.717, 1.165) is 17.5 Å². The van der Waals surface area contributed by atoms with Crippen LogP contribution in [0.25, 0.3) is 10.9 Å². The van der Waals surface area contributed by atoms with Crippen LogP contribution >= 0.6 is 11.3 Å². The summed E-state index contributed by atoms with van der Waals surface area (Å²) in [5.41, 5.74) is 0.259. The molecule has 0 spiro atoms. The monoisotopic (exact) mass is 345 g/mol. The number of hydrogen-bond acceptors (Lipinski definition) is 7. The van der Waals surface area contributed by atoms with E-state index in [4.69, 9.17) is 0 Å². The minimum atomic E-state index is -0.538. The number of rotatable bonds is 5. The molecule has 2 aromatic heterocycles. The van der Waals surface area contributed by atoms with Crippen molar-refractivity contribution in [2.24, 2.45) is 0 Å². The first-order valence-corrected chi connectivity index (χ1v) is 7.66. The molecule has 1 N–H and O–H groups in total. The Labute approximate surface area is 138 Å². The predicted molar refractivity (Wildman–Crippen MR) is 86.6 cm³/mol. The number of benzene rings is 1. The van der Waals surface area contributed by atoms with Gasteiger partial charge in [-0.3, -0.25) is 24.3 Å². The normalized spacial score (nSPS) is 10.7. The summed E-state index contributed by atoms with van der Waals surface area (Å²) in [6, 6.07) is 6.87. The van der Waals surface area contributed by atoms with E-state index in [9.17, 15) is 19.7 Å². The lowest BCUT2D eigenvalue weighted by Gasteiger charge is -2.06. The highest BCUT2D eigenvalue weighted by molar-refractivity contribution is 7.14. The number of hydrogen-bond donors (Lipinski definition) is 1. The summed E-state index contributed by atoms with van der Waals surface area (Å²) >= 11 is 0.888. The maximum Gasteiger partial charge on any atom is 0.344 e. The molecule has 3 aromatic rings. The Balaban J connectivity index is 1.67. The number of thiazole rings is 1. The summed E-state index contributed by atoms with van der Waals surface area (Å²) in [5.74, 6) is -0.410. The second-order valence-electron chi connectivity index (χ2n) is 4.82. The molecule has 0 saturated heterocycles. The first kappa shape index (κ1) is 15.7. The van der Waals surface area contributed by atoms with E-state index in [2.05, 4.69) is 15.3 Å². The maximum atomic E-state index is 12.3. The van der Waals surface area contributed by atoms with Crippen LogP contribution in [0.1, 0.15) is 5.01 Å². The number of nitrogens with one attached hydrogen (secondary N) is 1. The number of amides is 1. The fraction of sp³-hybridized carbons (Fsp3) is 0.143. The van der Waals surface area contributed by atoms with Gasteiger partial charge in [-0.1, -0.05) is 12.1 Å². The molecule has 0 unspecified atom stereocenters. The smallest absolute Gasteiger partial charge is 0.344 e. The van der Waals surface area contributed by atoms with E-state index >= 15 is 0 Å². The molecular weight excluding hydrogens is 334 g/mol.